The molecule has 0 aromatic rings. The number of hydrogen-bond donors (Lipinski definition) is 2. The van der Waals surface area contributed by atoms with Crippen LogP contribution < -0.4 is 5.32 Å². The number of hydrogen-bond acceptors (Lipinski definition) is 3. The molecule has 128 valence electrons. The largest absolute Gasteiger partial charge is 0.414 e. The first kappa shape index (κ1) is 17.7. The van der Waals surface area contributed by atoms with Crippen molar-refractivity contribution in [1.82, 2.24) is 10.2 Å². The lowest BCUT2D eigenvalue weighted by molar-refractivity contribution is -0.222. The highest BCUT2D eigenvalue weighted by Gasteiger charge is 2.44. The molecular weight excluding hydrogens is 317 g/mol. The molecule has 1 saturated carbocycles. The number of carbonyl (C=O) groups excluding carboxylic acids is 1. The average Bonchev–Trinajstić information content (AvgIpc) is 2.93. The monoisotopic (exact) mass is 340 g/mol. The summed E-state index contributed by atoms with van der Waals surface area (Å²) < 4.78 is 37.5. The first-order valence-electron chi connectivity index (χ1n) is 7.64. The van der Waals surface area contributed by atoms with Gasteiger partial charge in [0.25, 0.3) is 0 Å². The SMILES string of the molecule is CS[C@@H]1CC[C@H](NC(=O)N2CCC([C@@H](O)C(F)(F)F)CC2)C1. The molecule has 0 unspecified atom stereocenters. The van der Waals surface area contributed by atoms with E-state index in [1.807, 2.05) is 0 Å². The predicted octanol–water partition coefficient (Wildman–Crippen LogP) is 2.62. The number of urea groups is 1. The van der Waals surface area contributed by atoms with Gasteiger partial charge >= 0.3 is 12.2 Å². The molecule has 2 aliphatic rings. The molecule has 1 aliphatic heterocycles. The van der Waals surface area contributed by atoms with Crippen LogP contribution in [0.2, 0.25) is 0 Å². The number of likely N-dealkylation sites (tertiary alicyclic amines) is 1. The number of carbonyl (C=O) groups is 1. The van der Waals surface area contributed by atoms with E-state index in [1.54, 1.807) is 16.7 Å². The van der Waals surface area contributed by atoms with Crippen molar-refractivity contribution in [2.24, 2.45) is 5.92 Å². The van der Waals surface area contributed by atoms with Gasteiger partial charge in [-0.3, -0.25) is 0 Å². The summed E-state index contributed by atoms with van der Waals surface area (Å²) in [7, 11) is 0. The standard InChI is InChI=1S/C14H23F3N2O2S/c1-22-11-3-2-10(8-11)18-13(21)19-6-4-9(5-7-19)12(20)14(15,16)17/h9-12,20H,2-8H2,1H3,(H,18,21)/t10-,11+,12+/m0/s1. The lowest BCUT2D eigenvalue weighted by Gasteiger charge is -2.35. The van der Waals surface area contributed by atoms with E-state index in [0.717, 1.165) is 19.3 Å². The molecule has 0 bridgehead atoms. The van der Waals surface area contributed by atoms with Crippen molar-refractivity contribution in [2.75, 3.05) is 19.3 Å². The van der Waals surface area contributed by atoms with E-state index in [-0.39, 0.29) is 38.0 Å². The van der Waals surface area contributed by atoms with Crippen LogP contribution in [0.5, 0.6) is 0 Å². The molecule has 2 amide bonds. The Morgan fingerprint density at radius 3 is 2.41 bits per heavy atom. The number of aliphatic hydroxyl groups excluding tert-OH is 1. The lowest BCUT2D eigenvalue weighted by Crippen LogP contribution is -2.49. The molecule has 8 heteroatoms. The maximum atomic E-state index is 12.5. The highest BCUT2D eigenvalue weighted by Crippen LogP contribution is 2.32. The number of rotatable bonds is 3. The second kappa shape index (κ2) is 7.29. The van der Waals surface area contributed by atoms with Crippen molar-refractivity contribution in [3.05, 3.63) is 0 Å². The first-order valence-corrected chi connectivity index (χ1v) is 8.93. The van der Waals surface area contributed by atoms with E-state index >= 15 is 0 Å². The van der Waals surface area contributed by atoms with Gasteiger partial charge < -0.3 is 15.3 Å². The number of alkyl halides is 3. The Balaban J connectivity index is 1.76. The van der Waals surface area contributed by atoms with Crippen molar-refractivity contribution >= 4 is 17.8 Å². The summed E-state index contributed by atoms with van der Waals surface area (Å²) in [5.74, 6) is -0.809. The molecule has 2 rings (SSSR count). The average molecular weight is 340 g/mol. The van der Waals surface area contributed by atoms with E-state index in [0.29, 0.717) is 5.25 Å². The molecule has 0 radical (unpaired) electrons. The van der Waals surface area contributed by atoms with Gasteiger partial charge in [-0.1, -0.05) is 0 Å². The molecule has 1 aliphatic carbocycles. The first-order chi connectivity index (χ1) is 10.3. The van der Waals surface area contributed by atoms with Crippen LogP contribution in [0, 0.1) is 5.92 Å². The van der Waals surface area contributed by atoms with E-state index in [4.69, 9.17) is 0 Å². The van der Waals surface area contributed by atoms with Crippen molar-refractivity contribution in [3.63, 3.8) is 0 Å². The summed E-state index contributed by atoms with van der Waals surface area (Å²) >= 11 is 1.81. The van der Waals surface area contributed by atoms with Gasteiger partial charge in [0.1, 0.15) is 0 Å². The van der Waals surface area contributed by atoms with Crippen LogP contribution in [0.4, 0.5) is 18.0 Å². The van der Waals surface area contributed by atoms with E-state index in [2.05, 4.69) is 11.6 Å². The summed E-state index contributed by atoms with van der Waals surface area (Å²) in [6.45, 7) is 0.532. The van der Waals surface area contributed by atoms with Gasteiger partial charge in [-0.25, -0.2) is 4.79 Å². The Bertz CT molecular complexity index is 387. The Morgan fingerprint density at radius 2 is 1.91 bits per heavy atom. The van der Waals surface area contributed by atoms with Gasteiger partial charge in [-0.2, -0.15) is 24.9 Å². The third-order valence-electron chi connectivity index (χ3n) is 4.65. The quantitative estimate of drug-likeness (QED) is 0.830. The molecule has 1 heterocycles. The topological polar surface area (TPSA) is 52.6 Å². The molecule has 0 aromatic heterocycles. The minimum atomic E-state index is -4.58. The number of halogens is 3. The van der Waals surface area contributed by atoms with Gasteiger partial charge in [0.2, 0.25) is 0 Å². The zero-order valence-corrected chi connectivity index (χ0v) is 13.4. The predicted molar refractivity (Wildman–Crippen MR) is 79.8 cm³/mol. The minimum absolute atomic E-state index is 0.170. The molecule has 2 fully saturated rings. The number of nitrogens with one attached hydrogen (secondary N) is 1. The van der Waals surface area contributed by atoms with Gasteiger partial charge in [-0.05, 0) is 44.3 Å². The second-order valence-electron chi connectivity index (χ2n) is 6.13. The fraction of sp³-hybridized carbons (Fsp3) is 0.929. The van der Waals surface area contributed by atoms with Crippen molar-refractivity contribution in [3.8, 4) is 0 Å². The van der Waals surface area contributed by atoms with Crippen molar-refractivity contribution in [1.29, 1.82) is 0 Å². The number of amides is 2. The summed E-state index contributed by atoms with van der Waals surface area (Å²) in [6, 6.07) is -0.0184. The zero-order chi connectivity index (χ0) is 16.3. The summed E-state index contributed by atoms with van der Waals surface area (Å²) in [4.78, 5) is 13.7. The minimum Gasteiger partial charge on any atom is -0.383 e. The van der Waals surface area contributed by atoms with Gasteiger partial charge in [0.05, 0.1) is 0 Å². The van der Waals surface area contributed by atoms with Crippen molar-refractivity contribution in [2.45, 2.75) is 55.7 Å². The maximum Gasteiger partial charge on any atom is 0.414 e. The van der Waals surface area contributed by atoms with Gasteiger partial charge in [-0.15, -0.1) is 0 Å². The van der Waals surface area contributed by atoms with Crippen LogP contribution in [0.15, 0.2) is 0 Å². The zero-order valence-electron chi connectivity index (χ0n) is 12.6. The molecule has 1 saturated heterocycles. The summed E-state index contributed by atoms with van der Waals surface area (Å²) in [5, 5.41) is 12.8. The van der Waals surface area contributed by atoms with Crippen molar-refractivity contribution < 1.29 is 23.1 Å². The molecule has 0 spiro atoms. The van der Waals surface area contributed by atoms with Gasteiger partial charge in [0.15, 0.2) is 6.10 Å². The second-order valence-corrected chi connectivity index (χ2v) is 7.27. The van der Waals surface area contributed by atoms with Crippen LogP contribution in [-0.4, -0.2) is 59.0 Å². The van der Waals surface area contributed by atoms with Crippen LogP contribution in [0.25, 0.3) is 0 Å². The molecule has 2 N–H and O–H groups in total. The fourth-order valence-corrected chi connectivity index (χ4v) is 4.03. The Morgan fingerprint density at radius 1 is 1.27 bits per heavy atom. The van der Waals surface area contributed by atoms with E-state index < -0.39 is 18.2 Å². The number of thioether (sulfide) groups is 1. The Hall–Kier alpha value is -0.630. The van der Waals surface area contributed by atoms with E-state index in [1.165, 1.54) is 0 Å². The number of piperidine rings is 1. The highest BCUT2D eigenvalue weighted by atomic mass is 32.2. The van der Waals surface area contributed by atoms with Crippen LogP contribution in [0.3, 0.4) is 0 Å². The molecule has 0 aromatic carbocycles. The smallest absolute Gasteiger partial charge is 0.383 e. The van der Waals surface area contributed by atoms with E-state index in [9.17, 15) is 23.1 Å². The third-order valence-corrected chi connectivity index (χ3v) is 5.75. The van der Waals surface area contributed by atoms with Gasteiger partial charge in [0, 0.05) is 24.4 Å². The summed E-state index contributed by atoms with van der Waals surface area (Å²) in [6.07, 6.45) is -1.42. The van der Waals surface area contributed by atoms with Crippen LogP contribution in [0.1, 0.15) is 32.1 Å². The fourth-order valence-electron chi connectivity index (χ4n) is 3.24. The maximum absolute atomic E-state index is 12.5. The lowest BCUT2D eigenvalue weighted by atomic mass is 9.91. The van der Waals surface area contributed by atoms with Crippen LogP contribution in [-0.2, 0) is 0 Å². The molecule has 22 heavy (non-hydrogen) atoms. The number of nitrogens with zero attached hydrogens (tertiary/aromatic N) is 1. The normalized spacial score (nSPS) is 28.7. The Kier molecular flexibility index (Phi) is 5.87. The molecule has 3 atom stereocenters. The third kappa shape index (κ3) is 4.44. The molecule has 4 nitrogen and oxygen atoms in total. The Labute approximate surface area is 132 Å². The van der Waals surface area contributed by atoms with Crippen LogP contribution >= 0.6 is 11.8 Å². The highest BCUT2D eigenvalue weighted by molar-refractivity contribution is 7.99. The molecular formula is C14H23F3N2O2S. The summed E-state index contributed by atoms with van der Waals surface area (Å²) in [5.41, 5.74) is 0. The number of aliphatic hydroxyl groups is 1.